The highest BCUT2D eigenvalue weighted by molar-refractivity contribution is 6.40. The zero-order valence-corrected chi connectivity index (χ0v) is 27.7. The maximum Gasteiger partial charge on any atom is 0.0810 e. The normalized spacial score (nSPS) is 11.9. The van der Waals surface area contributed by atoms with E-state index >= 15 is 0 Å². The molecule has 3 nitrogen and oxygen atoms in total. The van der Waals surface area contributed by atoms with Crippen LogP contribution in [0.5, 0.6) is 0 Å². The Bertz CT molecular complexity index is 3090. The second-order valence-corrected chi connectivity index (χ2v) is 13.3. The summed E-state index contributed by atoms with van der Waals surface area (Å²) < 4.78 is 7.49. The van der Waals surface area contributed by atoms with Crippen LogP contribution < -0.4 is 0 Å². The van der Waals surface area contributed by atoms with E-state index in [2.05, 4.69) is 202 Å². The van der Waals surface area contributed by atoms with Gasteiger partial charge in [-0.15, -0.1) is 0 Å². The van der Waals surface area contributed by atoms with E-state index in [1.165, 1.54) is 76.5 Å². The monoisotopic (exact) mass is 649 g/mol. The minimum absolute atomic E-state index is 1.14. The maximum absolute atomic E-state index is 2.51. The van der Waals surface area contributed by atoms with Gasteiger partial charge in [-0.2, -0.15) is 0 Å². The summed E-state index contributed by atoms with van der Waals surface area (Å²) in [6.45, 7) is 0. The molecule has 0 bridgehead atoms. The van der Waals surface area contributed by atoms with Crippen molar-refractivity contribution in [1.82, 2.24) is 13.7 Å². The summed E-state index contributed by atoms with van der Waals surface area (Å²) in [6.07, 6.45) is 0. The molecular weight excluding hydrogens is 619 g/mol. The lowest BCUT2D eigenvalue weighted by molar-refractivity contribution is 1.15. The lowest BCUT2D eigenvalue weighted by Crippen LogP contribution is -1.99. The number of fused-ring (bicyclic) bond motifs is 12. The van der Waals surface area contributed by atoms with Gasteiger partial charge in [0.25, 0.3) is 0 Å². The van der Waals surface area contributed by atoms with Crippen LogP contribution in [-0.4, -0.2) is 13.7 Å². The molecule has 11 aromatic rings. The number of hydrogen-bond acceptors (Lipinski definition) is 0. The van der Waals surface area contributed by atoms with Crippen molar-refractivity contribution in [1.29, 1.82) is 0 Å². The Morgan fingerprint density at radius 1 is 0.235 bits per heavy atom. The first kappa shape index (κ1) is 28.0. The fourth-order valence-corrected chi connectivity index (χ4v) is 8.54. The van der Waals surface area contributed by atoms with Crippen LogP contribution in [0.25, 0.3) is 93.6 Å². The van der Waals surface area contributed by atoms with Gasteiger partial charge in [-0.25, -0.2) is 0 Å². The van der Waals surface area contributed by atoms with Crippen molar-refractivity contribution in [3.05, 3.63) is 188 Å². The first-order valence-electron chi connectivity index (χ1n) is 17.5. The largest absolute Gasteiger partial charge is 0.309 e. The average molecular weight is 650 g/mol. The van der Waals surface area contributed by atoms with E-state index in [1.54, 1.807) is 0 Å². The third-order valence-electron chi connectivity index (χ3n) is 10.6. The first-order chi connectivity index (χ1) is 25.4. The zero-order chi connectivity index (χ0) is 33.5. The molecule has 0 saturated carbocycles. The molecule has 0 aliphatic carbocycles. The molecular formula is C48H31N3. The minimum Gasteiger partial charge on any atom is -0.309 e. The van der Waals surface area contributed by atoms with Crippen molar-refractivity contribution in [2.45, 2.75) is 0 Å². The Morgan fingerprint density at radius 3 is 1.08 bits per heavy atom. The Kier molecular flexibility index (Phi) is 5.96. The molecule has 0 aliphatic rings. The summed E-state index contributed by atoms with van der Waals surface area (Å²) in [6, 6.07) is 68.2. The van der Waals surface area contributed by atoms with Gasteiger partial charge in [0.1, 0.15) is 0 Å². The van der Waals surface area contributed by atoms with E-state index in [9.17, 15) is 0 Å². The van der Waals surface area contributed by atoms with Crippen LogP contribution in [-0.2, 0) is 0 Å². The predicted octanol–water partition coefficient (Wildman–Crippen LogP) is 12.6. The van der Waals surface area contributed by atoms with E-state index in [1.807, 2.05) is 0 Å². The number of para-hydroxylation sites is 5. The number of hydrogen-bond donors (Lipinski definition) is 0. The van der Waals surface area contributed by atoms with E-state index in [0.29, 0.717) is 0 Å². The highest BCUT2D eigenvalue weighted by Gasteiger charge is 2.28. The zero-order valence-electron chi connectivity index (χ0n) is 27.7. The topological polar surface area (TPSA) is 14.8 Å². The van der Waals surface area contributed by atoms with Gasteiger partial charge < -0.3 is 13.7 Å². The molecule has 0 atom stereocenters. The van der Waals surface area contributed by atoms with Crippen LogP contribution in [0.3, 0.4) is 0 Å². The number of rotatable bonds is 4. The van der Waals surface area contributed by atoms with Gasteiger partial charge in [-0.3, -0.25) is 0 Å². The van der Waals surface area contributed by atoms with Crippen molar-refractivity contribution in [2.24, 2.45) is 0 Å². The molecule has 0 aliphatic heterocycles. The molecule has 0 fully saturated rings. The van der Waals surface area contributed by atoms with Gasteiger partial charge >= 0.3 is 0 Å². The number of benzene rings is 8. The molecule has 3 heterocycles. The highest BCUT2D eigenvalue weighted by atomic mass is 15.1. The molecule has 51 heavy (non-hydrogen) atoms. The molecule has 0 amide bonds. The van der Waals surface area contributed by atoms with Crippen LogP contribution in [0.15, 0.2) is 188 Å². The van der Waals surface area contributed by atoms with Crippen molar-refractivity contribution >= 4 is 65.4 Å². The van der Waals surface area contributed by atoms with E-state index < -0.39 is 0 Å². The van der Waals surface area contributed by atoms with Gasteiger partial charge in [0.05, 0.1) is 33.1 Å². The van der Waals surface area contributed by atoms with Crippen molar-refractivity contribution in [3.8, 4) is 28.2 Å². The van der Waals surface area contributed by atoms with Crippen LogP contribution in [0.2, 0.25) is 0 Å². The first-order valence-corrected chi connectivity index (χ1v) is 17.5. The van der Waals surface area contributed by atoms with E-state index in [4.69, 9.17) is 0 Å². The van der Waals surface area contributed by atoms with Gasteiger partial charge in [0, 0.05) is 49.4 Å². The fraction of sp³-hybridized carbons (Fsp3) is 0. The van der Waals surface area contributed by atoms with Crippen LogP contribution in [0.4, 0.5) is 0 Å². The Labute approximate surface area is 294 Å². The quantitative estimate of drug-likeness (QED) is 0.180. The molecule has 0 saturated heterocycles. The van der Waals surface area contributed by atoms with E-state index in [0.717, 1.165) is 17.1 Å². The number of aromatic nitrogens is 3. The standard InChI is InChI=1S/C48H31N3/c1-4-16-32(17-5-1)33-28-30-36(31-29-33)49-40-25-13-10-22-37(40)43-44-38-23-11-14-26-41(38)50(34-18-6-2-7-19-34)47(44)48-45(46(43)49)39-24-12-15-27-42(39)51(48)35-20-8-3-9-21-35/h1-31H. The summed E-state index contributed by atoms with van der Waals surface area (Å²) in [5, 5.41) is 7.53. The molecule has 0 radical (unpaired) electrons. The average Bonchev–Trinajstić information content (AvgIpc) is 3.85. The third kappa shape index (κ3) is 3.94. The Balaban J connectivity index is 1.43. The smallest absolute Gasteiger partial charge is 0.0810 e. The predicted molar refractivity (Wildman–Crippen MR) is 215 cm³/mol. The molecule has 0 unspecified atom stereocenters. The second-order valence-electron chi connectivity index (χ2n) is 13.3. The summed E-state index contributed by atoms with van der Waals surface area (Å²) in [5.74, 6) is 0. The van der Waals surface area contributed by atoms with Crippen LogP contribution in [0.1, 0.15) is 0 Å². The number of nitrogens with zero attached hydrogens (tertiary/aromatic N) is 3. The fourth-order valence-electron chi connectivity index (χ4n) is 8.54. The van der Waals surface area contributed by atoms with Crippen molar-refractivity contribution < 1.29 is 0 Å². The molecule has 8 aromatic carbocycles. The van der Waals surface area contributed by atoms with Crippen molar-refractivity contribution in [2.75, 3.05) is 0 Å². The van der Waals surface area contributed by atoms with Crippen LogP contribution in [0, 0.1) is 0 Å². The summed E-state index contributed by atoms with van der Waals surface area (Å²) in [5.41, 5.74) is 13.1. The van der Waals surface area contributed by atoms with Crippen molar-refractivity contribution in [3.63, 3.8) is 0 Å². The van der Waals surface area contributed by atoms with Gasteiger partial charge in [0.2, 0.25) is 0 Å². The van der Waals surface area contributed by atoms with Gasteiger partial charge in [0.15, 0.2) is 0 Å². The summed E-state index contributed by atoms with van der Waals surface area (Å²) in [4.78, 5) is 0. The minimum atomic E-state index is 1.14. The Hall–Kier alpha value is -6.84. The van der Waals surface area contributed by atoms with E-state index in [-0.39, 0.29) is 0 Å². The molecule has 11 rings (SSSR count). The molecule has 3 aromatic heterocycles. The van der Waals surface area contributed by atoms with Crippen LogP contribution >= 0.6 is 0 Å². The highest BCUT2D eigenvalue weighted by Crippen LogP contribution is 2.50. The lowest BCUT2D eigenvalue weighted by Gasteiger charge is -2.14. The summed E-state index contributed by atoms with van der Waals surface area (Å²) in [7, 11) is 0. The van der Waals surface area contributed by atoms with Gasteiger partial charge in [-0.05, 0) is 65.7 Å². The molecule has 0 N–H and O–H groups in total. The molecule has 3 heteroatoms. The summed E-state index contributed by atoms with van der Waals surface area (Å²) >= 11 is 0. The lowest BCUT2D eigenvalue weighted by atomic mass is 10.0. The SMILES string of the molecule is c1ccc(-c2ccc(-n3c4ccccc4c4c5c6ccccc6n(-c6ccccc6)c5c5c(c6ccccc6n5-c5ccccc5)c43)cc2)cc1. The Morgan fingerprint density at radius 2 is 0.569 bits per heavy atom. The second kappa shape index (κ2) is 10.8. The maximum atomic E-state index is 2.51. The third-order valence-corrected chi connectivity index (χ3v) is 10.6. The molecule has 0 spiro atoms. The van der Waals surface area contributed by atoms with Gasteiger partial charge in [-0.1, -0.05) is 133 Å². The molecule has 238 valence electrons.